The maximum atomic E-state index is 10.7. The molecular formula is C8H9N3O3. The lowest BCUT2D eigenvalue weighted by atomic mass is 10.2. The number of carboxylic acids is 1. The van der Waals surface area contributed by atoms with Crippen LogP contribution in [0, 0.1) is 0 Å². The molecule has 0 radical (unpaired) electrons. The molecule has 3 N–H and O–H groups in total. The molecule has 0 atom stereocenters. The van der Waals surface area contributed by atoms with Crippen molar-refractivity contribution in [2.24, 2.45) is 5.16 Å². The van der Waals surface area contributed by atoms with Gasteiger partial charge >= 0.3 is 5.97 Å². The number of anilines is 1. The molecule has 0 aliphatic carbocycles. The minimum atomic E-state index is -1.22. The third-order valence-electron chi connectivity index (χ3n) is 1.40. The number of hydrogen-bond donors (Lipinski definition) is 2. The molecule has 1 aromatic heterocycles. The Kier molecular flexibility index (Phi) is 3.01. The van der Waals surface area contributed by atoms with Crippen LogP contribution in [0.2, 0.25) is 0 Å². The normalized spacial score (nSPS) is 11.1. The van der Waals surface area contributed by atoms with Gasteiger partial charge in [-0.1, -0.05) is 11.2 Å². The van der Waals surface area contributed by atoms with E-state index in [9.17, 15) is 4.79 Å². The van der Waals surface area contributed by atoms with Crippen molar-refractivity contribution in [3.63, 3.8) is 0 Å². The van der Waals surface area contributed by atoms with Crippen molar-refractivity contribution in [3.05, 3.63) is 23.9 Å². The predicted molar refractivity (Wildman–Crippen MR) is 49.8 cm³/mol. The van der Waals surface area contributed by atoms with Gasteiger partial charge in [0, 0.05) is 0 Å². The van der Waals surface area contributed by atoms with E-state index in [1.807, 2.05) is 0 Å². The second-order valence-corrected chi connectivity index (χ2v) is 2.38. The molecule has 0 spiro atoms. The van der Waals surface area contributed by atoms with E-state index in [2.05, 4.69) is 15.0 Å². The number of nitrogens with two attached hydrogens (primary N) is 1. The van der Waals surface area contributed by atoms with Crippen LogP contribution in [-0.4, -0.2) is 28.9 Å². The number of rotatable bonds is 3. The first-order chi connectivity index (χ1) is 6.65. The van der Waals surface area contributed by atoms with E-state index in [1.54, 1.807) is 12.1 Å². The Morgan fingerprint density at radius 2 is 2.36 bits per heavy atom. The number of nitrogen functional groups attached to an aromatic ring is 1. The largest absolute Gasteiger partial charge is 0.476 e. The summed E-state index contributed by atoms with van der Waals surface area (Å²) in [5, 5.41) is 12.1. The van der Waals surface area contributed by atoms with E-state index >= 15 is 0 Å². The molecule has 0 saturated heterocycles. The van der Waals surface area contributed by atoms with E-state index in [0.717, 1.165) is 0 Å². The highest BCUT2D eigenvalue weighted by Crippen LogP contribution is 2.02. The third kappa shape index (κ3) is 2.19. The minimum Gasteiger partial charge on any atom is -0.476 e. The van der Waals surface area contributed by atoms with Crippen LogP contribution in [0.5, 0.6) is 0 Å². The van der Waals surface area contributed by atoms with Crippen molar-refractivity contribution < 1.29 is 14.7 Å². The van der Waals surface area contributed by atoms with Crippen molar-refractivity contribution in [2.45, 2.75) is 0 Å². The van der Waals surface area contributed by atoms with Crippen LogP contribution < -0.4 is 5.73 Å². The van der Waals surface area contributed by atoms with Gasteiger partial charge < -0.3 is 15.7 Å². The molecule has 1 rings (SSSR count). The Morgan fingerprint density at radius 3 is 2.86 bits per heavy atom. The zero-order chi connectivity index (χ0) is 10.6. The molecule has 0 aliphatic heterocycles. The van der Waals surface area contributed by atoms with Crippen LogP contribution in [0.15, 0.2) is 23.4 Å². The van der Waals surface area contributed by atoms with Gasteiger partial charge in [0.2, 0.25) is 5.71 Å². The van der Waals surface area contributed by atoms with Gasteiger partial charge in [-0.15, -0.1) is 0 Å². The SMILES string of the molecule is CON=C(C(=O)O)c1cccc(N)n1. The molecular weight excluding hydrogens is 186 g/mol. The molecule has 74 valence electrons. The summed E-state index contributed by atoms with van der Waals surface area (Å²) in [4.78, 5) is 18.9. The Morgan fingerprint density at radius 1 is 1.64 bits per heavy atom. The summed E-state index contributed by atoms with van der Waals surface area (Å²) in [5.74, 6) is -0.988. The first-order valence-electron chi connectivity index (χ1n) is 3.72. The minimum absolute atomic E-state index is 0.166. The van der Waals surface area contributed by atoms with E-state index in [1.165, 1.54) is 13.2 Å². The Hall–Kier alpha value is -2.11. The Bertz CT molecular complexity index is 376. The van der Waals surface area contributed by atoms with E-state index in [4.69, 9.17) is 10.8 Å². The third-order valence-corrected chi connectivity index (χ3v) is 1.40. The molecule has 0 fully saturated rings. The summed E-state index contributed by atoms with van der Waals surface area (Å²) < 4.78 is 0. The number of nitrogens with zero attached hydrogens (tertiary/aromatic N) is 2. The number of carboxylic acid groups (broad SMARTS) is 1. The average Bonchev–Trinajstić information content (AvgIpc) is 2.13. The van der Waals surface area contributed by atoms with Crippen LogP contribution >= 0.6 is 0 Å². The fourth-order valence-corrected chi connectivity index (χ4v) is 0.870. The van der Waals surface area contributed by atoms with Gasteiger partial charge in [0.25, 0.3) is 0 Å². The monoisotopic (exact) mass is 195 g/mol. The van der Waals surface area contributed by atoms with Crippen LogP contribution in [0.25, 0.3) is 0 Å². The number of hydrogen-bond acceptors (Lipinski definition) is 5. The number of pyridine rings is 1. The van der Waals surface area contributed by atoms with Gasteiger partial charge in [-0.25, -0.2) is 9.78 Å². The molecule has 1 heterocycles. The van der Waals surface area contributed by atoms with Crippen molar-refractivity contribution in [2.75, 3.05) is 12.8 Å². The highest BCUT2D eigenvalue weighted by Gasteiger charge is 2.14. The standard InChI is InChI=1S/C8H9N3O3/c1-14-11-7(8(12)13)5-3-2-4-6(9)10-5/h2-4H,1H3,(H2,9,10)(H,12,13). The summed E-state index contributed by atoms with van der Waals surface area (Å²) >= 11 is 0. The lowest BCUT2D eigenvalue weighted by Gasteiger charge is -2.00. The first kappa shape index (κ1) is 9.97. The quantitative estimate of drug-likeness (QED) is 0.526. The van der Waals surface area contributed by atoms with Gasteiger partial charge in [0.15, 0.2) is 0 Å². The lowest BCUT2D eigenvalue weighted by molar-refractivity contribution is -0.129. The number of aliphatic carboxylic acids is 1. The summed E-state index contributed by atoms with van der Waals surface area (Å²) in [6.45, 7) is 0. The van der Waals surface area contributed by atoms with E-state index < -0.39 is 5.97 Å². The second-order valence-electron chi connectivity index (χ2n) is 2.38. The van der Waals surface area contributed by atoms with Crippen molar-refractivity contribution >= 4 is 17.5 Å². The molecule has 14 heavy (non-hydrogen) atoms. The van der Waals surface area contributed by atoms with Crippen LogP contribution in [-0.2, 0) is 9.63 Å². The zero-order valence-electron chi connectivity index (χ0n) is 7.47. The maximum Gasteiger partial charge on any atom is 0.360 e. The molecule has 0 unspecified atom stereocenters. The molecule has 0 saturated carbocycles. The molecule has 6 nitrogen and oxygen atoms in total. The van der Waals surface area contributed by atoms with Crippen LogP contribution in [0.1, 0.15) is 5.69 Å². The highest BCUT2D eigenvalue weighted by atomic mass is 16.6. The molecule has 0 aliphatic rings. The van der Waals surface area contributed by atoms with E-state index in [0.29, 0.717) is 0 Å². The average molecular weight is 195 g/mol. The second kappa shape index (κ2) is 4.22. The fourth-order valence-electron chi connectivity index (χ4n) is 0.870. The number of aromatic nitrogens is 1. The fraction of sp³-hybridized carbons (Fsp3) is 0.125. The topological polar surface area (TPSA) is 97.8 Å². The number of oxime groups is 1. The lowest BCUT2D eigenvalue weighted by Crippen LogP contribution is -2.16. The Labute approximate surface area is 80.0 Å². The van der Waals surface area contributed by atoms with Crippen LogP contribution in [0.4, 0.5) is 5.82 Å². The van der Waals surface area contributed by atoms with Gasteiger partial charge in [-0.05, 0) is 12.1 Å². The molecule has 0 amide bonds. The van der Waals surface area contributed by atoms with Crippen molar-refractivity contribution in [3.8, 4) is 0 Å². The molecule has 0 bridgehead atoms. The van der Waals surface area contributed by atoms with Gasteiger partial charge in [-0.2, -0.15) is 0 Å². The summed E-state index contributed by atoms with van der Waals surface area (Å²) in [7, 11) is 1.26. The van der Waals surface area contributed by atoms with Crippen LogP contribution in [0.3, 0.4) is 0 Å². The summed E-state index contributed by atoms with van der Waals surface area (Å²) in [6, 6.07) is 4.63. The van der Waals surface area contributed by atoms with Crippen molar-refractivity contribution in [1.82, 2.24) is 4.98 Å². The van der Waals surface area contributed by atoms with Gasteiger partial charge in [0.05, 0.1) is 0 Å². The zero-order valence-corrected chi connectivity index (χ0v) is 7.47. The van der Waals surface area contributed by atoms with E-state index in [-0.39, 0.29) is 17.2 Å². The van der Waals surface area contributed by atoms with Gasteiger partial charge in [-0.3, -0.25) is 0 Å². The molecule has 6 heteroatoms. The van der Waals surface area contributed by atoms with Gasteiger partial charge in [0.1, 0.15) is 18.6 Å². The number of carbonyl (C=O) groups is 1. The summed E-state index contributed by atoms with van der Waals surface area (Å²) in [6.07, 6.45) is 0. The molecule has 0 aromatic carbocycles. The molecule has 1 aromatic rings. The first-order valence-corrected chi connectivity index (χ1v) is 3.72. The summed E-state index contributed by atoms with van der Waals surface area (Å²) in [5.41, 5.74) is 5.28. The van der Waals surface area contributed by atoms with Crippen molar-refractivity contribution in [1.29, 1.82) is 0 Å². The highest BCUT2D eigenvalue weighted by molar-refractivity contribution is 6.41. The Balaban J connectivity index is 3.12. The smallest absolute Gasteiger partial charge is 0.360 e. The predicted octanol–water partition coefficient (Wildman–Crippen LogP) is 0.0989. The maximum absolute atomic E-state index is 10.7.